The molecule has 1 aliphatic heterocycles. The first-order valence-electron chi connectivity index (χ1n) is 8.09. The summed E-state index contributed by atoms with van der Waals surface area (Å²) in [5, 5.41) is 0. The van der Waals surface area contributed by atoms with Crippen LogP contribution in [0.25, 0.3) is 0 Å². The van der Waals surface area contributed by atoms with E-state index >= 15 is 0 Å². The van der Waals surface area contributed by atoms with Crippen molar-refractivity contribution in [1.82, 2.24) is 9.88 Å². The molecule has 0 atom stereocenters. The SMILES string of the molecule is NC(=O)c1c[nH]c(C(=O)N2CCC(COc3ccccc3)CC2)c1. The van der Waals surface area contributed by atoms with Crippen molar-refractivity contribution in [2.24, 2.45) is 11.7 Å². The van der Waals surface area contributed by atoms with E-state index in [1.54, 1.807) is 4.90 Å². The molecule has 3 N–H and O–H groups in total. The van der Waals surface area contributed by atoms with Gasteiger partial charge in [0.1, 0.15) is 11.4 Å². The number of aromatic amines is 1. The lowest BCUT2D eigenvalue weighted by atomic mass is 9.97. The fraction of sp³-hybridized carbons (Fsp3) is 0.333. The lowest BCUT2D eigenvalue weighted by molar-refractivity contribution is 0.0656. The van der Waals surface area contributed by atoms with Gasteiger partial charge in [0.05, 0.1) is 12.2 Å². The molecule has 1 saturated heterocycles. The summed E-state index contributed by atoms with van der Waals surface area (Å²) in [6, 6.07) is 11.3. The van der Waals surface area contributed by atoms with Crippen LogP contribution in [0.4, 0.5) is 0 Å². The first kappa shape index (κ1) is 16.1. The van der Waals surface area contributed by atoms with Gasteiger partial charge in [-0.3, -0.25) is 9.59 Å². The normalized spacial score (nSPS) is 15.2. The van der Waals surface area contributed by atoms with Gasteiger partial charge in [0, 0.05) is 19.3 Å². The molecule has 2 heterocycles. The molecule has 3 rings (SSSR count). The summed E-state index contributed by atoms with van der Waals surface area (Å²) in [5.74, 6) is 0.687. The molecule has 6 heteroatoms. The molecular weight excluding hydrogens is 306 g/mol. The molecule has 6 nitrogen and oxygen atoms in total. The van der Waals surface area contributed by atoms with Crippen molar-refractivity contribution in [1.29, 1.82) is 0 Å². The second-order valence-electron chi connectivity index (χ2n) is 6.03. The Hall–Kier alpha value is -2.76. The van der Waals surface area contributed by atoms with Crippen LogP contribution in [-0.2, 0) is 0 Å². The number of nitrogens with zero attached hydrogens (tertiary/aromatic N) is 1. The van der Waals surface area contributed by atoms with Crippen LogP contribution in [0.2, 0.25) is 0 Å². The van der Waals surface area contributed by atoms with E-state index in [2.05, 4.69) is 4.98 Å². The summed E-state index contributed by atoms with van der Waals surface area (Å²) < 4.78 is 5.79. The third-order valence-electron chi connectivity index (χ3n) is 4.33. The van der Waals surface area contributed by atoms with Crippen LogP contribution in [0.15, 0.2) is 42.6 Å². The van der Waals surface area contributed by atoms with Crippen molar-refractivity contribution in [2.45, 2.75) is 12.8 Å². The highest BCUT2D eigenvalue weighted by Crippen LogP contribution is 2.20. The highest BCUT2D eigenvalue weighted by Gasteiger charge is 2.25. The fourth-order valence-corrected chi connectivity index (χ4v) is 2.86. The Kier molecular flexibility index (Phi) is 4.84. The van der Waals surface area contributed by atoms with Crippen LogP contribution < -0.4 is 10.5 Å². The Labute approximate surface area is 140 Å². The van der Waals surface area contributed by atoms with Crippen molar-refractivity contribution in [3.8, 4) is 5.75 Å². The zero-order valence-electron chi connectivity index (χ0n) is 13.4. The van der Waals surface area contributed by atoms with E-state index in [1.807, 2.05) is 30.3 Å². The topological polar surface area (TPSA) is 88.4 Å². The molecule has 1 aromatic carbocycles. The number of hydrogen-bond acceptors (Lipinski definition) is 3. The zero-order chi connectivity index (χ0) is 16.9. The number of benzene rings is 1. The quantitative estimate of drug-likeness (QED) is 0.881. The van der Waals surface area contributed by atoms with Crippen molar-refractivity contribution >= 4 is 11.8 Å². The minimum absolute atomic E-state index is 0.0927. The maximum absolute atomic E-state index is 12.4. The minimum Gasteiger partial charge on any atom is -0.493 e. The average Bonchev–Trinajstić information content (AvgIpc) is 3.11. The average molecular weight is 327 g/mol. The molecule has 0 radical (unpaired) electrons. The summed E-state index contributed by atoms with van der Waals surface area (Å²) in [6.45, 7) is 2.04. The van der Waals surface area contributed by atoms with Gasteiger partial charge < -0.3 is 20.4 Å². The number of H-pyrrole nitrogens is 1. The number of nitrogens with one attached hydrogen (secondary N) is 1. The lowest BCUT2D eigenvalue weighted by Crippen LogP contribution is -2.39. The van der Waals surface area contributed by atoms with Gasteiger partial charge in [-0.15, -0.1) is 0 Å². The van der Waals surface area contributed by atoms with E-state index < -0.39 is 5.91 Å². The molecule has 24 heavy (non-hydrogen) atoms. The number of piperidine rings is 1. The number of likely N-dealkylation sites (tertiary alicyclic amines) is 1. The number of carbonyl (C=O) groups is 2. The van der Waals surface area contributed by atoms with Crippen LogP contribution in [0.5, 0.6) is 5.75 Å². The maximum Gasteiger partial charge on any atom is 0.270 e. The van der Waals surface area contributed by atoms with Gasteiger partial charge in [-0.1, -0.05) is 18.2 Å². The van der Waals surface area contributed by atoms with Gasteiger partial charge in [0.25, 0.3) is 5.91 Å². The van der Waals surface area contributed by atoms with Gasteiger partial charge in [-0.2, -0.15) is 0 Å². The first-order chi connectivity index (χ1) is 11.6. The van der Waals surface area contributed by atoms with Crippen molar-refractivity contribution in [2.75, 3.05) is 19.7 Å². The number of nitrogens with two attached hydrogens (primary N) is 1. The molecule has 2 amide bonds. The Morgan fingerprint density at radius 1 is 1.21 bits per heavy atom. The van der Waals surface area contributed by atoms with Crippen LogP contribution in [0.3, 0.4) is 0 Å². The van der Waals surface area contributed by atoms with E-state index in [-0.39, 0.29) is 5.91 Å². The largest absolute Gasteiger partial charge is 0.493 e. The van der Waals surface area contributed by atoms with Crippen LogP contribution >= 0.6 is 0 Å². The van der Waals surface area contributed by atoms with E-state index in [0.717, 1.165) is 18.6 Å². The molecule has 0 saturated carbocycles. The van der Waals surface area contributed by atoms with Crippen molar-refractivity contribution in [3.05, 3.63) is 53.9 Å². The summed E-state index contributed by atoms with van der Waals surface area (Å²) in [5.41, 5.74) is 5.94. The van der Waals surface area contributed by atoms with E-state index in [1.165, 1.54) is 12.3 Å². The zero-order valence-corrected chi connectivity index (χ0v) is 13.4. The lowest BCUT2D eigenvalue weighted by Gasteiger charge is -2.31. The Morgan fingerprint density at radius 2 is 1.92 bits per heavy atom. The second-order valence-corrected chi connectivity index (χ2v) is 6.03. The molecule has 1 fully saturated rings. The smallest absolute Gasteiger partial charge is 0.270 e. The molecule has 0 unspecified atom stereocenters. The Morgan fingerprint density at radius 3 is 2.54 bits per heavy atom. The van der Waals surface area contributed by atoms with E-state index in [9.17, 15) is 9.59 Å². The number of primary amides is 1. The second kappa shape index (κ2) is 7.21. The third-order valence-corrected chi connectivity index (χ3v) is 4.33. The van der Waals surface area contributed by atoms with Crippen molar-refractivity contribution < 1.29 is 14.3 Å². The summed E-state index contributed by atoms with van der Waals surface area (Å²) in [6.07, 6.45) is 3.28. The van der Waals surface area contributed by atoms with Gasteiger partial charge in [0.15, 0.2) is 0 Å². The molecule has 0 bridgehead atoms. The fourth-order valence-electron chi connectivity index (χ4n) is 2.86. The van der Waals surface area contributed by atoms with E-state index in [4.69, 9.17) is 10.5 Å². The van der Waals surface area contributed by atoms with Crippen LogP contribution in [-0.4, -0.2) is 41.4 Å². The number of para-hydroxylation sites is 1. The van der Waals surface area contributed by atoms with Crippen LogP contribution in [0, 0.1) is 5.92 Å². The molecule has 2 aromatic rings. The number of carbonyl (C=O) groups excluding carboxylic acids is 2. The molecule has 1 aromatic heterocycles. The molecule has 1 aliphatic rings. The van der Waals surface area contributed by atoms with Gasteiger partial charge in [-0.25, -0.2) is 0 Å². The summed E-state index contributed by atoms with van der Waals surface area (Å²) >= 11 is 0. The number of hydrogen-bond donors (Lipinski definition) is 2. The molecule has 0 aliphatic carbocycles. The maximum atomic E-state index is 12.4. The number of ether oxygens (including phenoxy) is 1. The minimum atomic E-state index is -0.540. The molecular formula is C18H21N3O3. The highest BCUT2D eigenvalue weighted by atomic mass is 16.5. The monoisotopic (exact) mass is 327 g/mol. The highest BCUT2D eigenvalue weighted by molar-refractivity contribution is 5.98. The van der Waals surface area contributed by atoms with Gasteiger partial charge in [0.2, 0.25) is 5.91 Å². The molecule has 126 valence electrons. The standard InChI is InChI=1S/C18H21N3O3/c19-17(22)14-10-16(20-11-14)18(23)21-8-6-13(7-9-21)12-24-15-4-2-1-3-5-15/h1-5,10-11,13,20H,6-9,12H2,(H2,19,22). The van der Waals surface area contributed by atoms with Crippen LogP contribution in [0.1, 0.15) is 33.7 Å². The number of aromatic nitrogens is 1. The first-order valence-corrected chi connectivity index (χ1v) is 8.09. The summed E-state index contributed by atoms with van der Waals surface area (Å²) in [7, 11) is 0. The number of amides is 2. The van der Waals surface area contributed by atoms with Crippen molar-refractivity contribution in [3.63, 3.8) is 0 Å². The Balaban J connectivity index is 1.49. The number of rotatable bonds is 5. The van der Waals surface area contributed by atoms with Gasteiger partial charge >= 0.3 is 0 Å². The molecule has 0 spiro atoms. The predicted molar refractivity (Wildman–Crippen MR) is 89.9 cm³/mol. The Bertz CT molecular complexity index is 703. The third kappa shape index (κ3) is 3.76. The summed E-state index contributed by atoms with van der Waals surface area (Å²) in [4.78, 5) is 28.2. The van der Waals surface area contributed by atoms with E-state index in [0.29, 0.717) is 36.9 Å². The predicted octanol–water partition coefficient (Wildman–Crippen LogP) is 2.04. The van der Waals surface area contributed by atoms with Gasteiger partial charge in [-0.05, 0) is 37.0 Å².